The van der Waals surface area contributed by atoms with Gasteiger partial charge >= 0.3 is 5.97 Å². The summed E-state index contributed by atoms with van der Waals surface area (Å²) in [6.45, 7) is 3.72. The third-order valence-electron chi connectivity index (χ3n) is 1.67. The highest BCUT2D eigenvalue weighted by Crippen LogP contribution is 2.07. The molecule has 2 heteroatoms. The van der Waals surface area contributed by atoms with Crippen LogP contribution < -0.4 is 0 Å². The standard InChI is InChI=1S/C9H16O2/c1-3-4-5-6-7-8(2)9(10)11/h3-4,8H,5-7H2,1-2H3,(H,10,11)/b4-3+/t8-/m0/s1. The fraction of sp³-hybridized carbons (Fsp3) is 0.667. The van der Waals surface area contributed by atoms with Gasteiger partial charge in [0.05, 0.1) is 5.92 Å². The van der Waals surface area contributed by atoms with Gasteiger partial charge in [0.15, 0.2) is 0 Å². The number of hydrogen-bond donors (Lipinski definition) is 1. The van der Waals surface area contributed by atoms with Gasteiger partial charge in [0, 0.05) is 0 Å². The topological polar surface area (TPSA) is 37.3 Å². The zero-order valence-corrected chi connectivity index (χ0v) is 7.21. The number of carboxylic acid groups (broad SMARTS) is 1. The Morgan fingerprint density at radius 2 is 2.27 bits per heavy atom. The maximum absolute atomic E-state index is 10.3. The van der Waals surface area contributed by atoms with Crippen LogP contribution in [0.25, 0.3) is 0 Å². The van der Waals surface area contributed by atoms with Crippen LogP contribution in [0, 0.1) is 5.92 Å². The molecule has 0 aromatic rings. The van der Waals surface area contributed by atoms with Crippen molar-refractivity contribution in [2.45, 2.75) is 33.1 Å². The minimum absolute atomic E-state index is 0.194. The molecule has 0 bridgehead atoms. The van der Waals surface area contributed by atoms with E-state index in [0.29, 0.717) is 0 Å². The molecule has 0 spiro atoms. The quantitative estimate of drug-likeness (QED) is 0.490. The Hall–Kier alpha value is -0.790. The zero-order chi connectivity index (χ0) is 8.69. The molecule has 0 aromatic heterocycles. The molecule has 0 amide bonds. The fourth-order valence-electron chi connectivity index (χ4n) is 0.832. The van der Waals surface area contributed by atoms with Gasteiger partial charge in [0.2, 0.25) is 0 Å². The molecule has 64 valence electrons. The van der Waals surface area contributed by atoms with E-state index in [2.05, 4.69) is 6.08 Å². The lowest BCUT2D eigenvalue weighted by atomic mass is 10.0. The Labute approximate surface area is 67.9 Å². The van der Waals surface area contributed by atoms with E-state index in [0.717, 1.165) is 19.3 Å². The maximum Gasteiger partial charge on any atom is 0.306 e. The van der Waals surface area contributed by atoms with Gasteiger partial charge in [-0.2, -0.15) is 0 Å². The second kappa shape index (κ2) is 5.96. The van der Waals surface area contributed by atoms with E-state index >= 15 is 0 Å². The lowest BCUT2D eigenvalue weighted by Crippen LogP contribution is -2.08. The first-order valence-corrected chi connectivity index (χ1v) is 4.02. The van der Waals surface area contributed by atoms with Gasteiger partial charge in [0.1, 0.15) is 0 Å². The van der Waals surface area contributed by atoms with E-state index in [1.54, 1.807) is 6.92 Å². The Balaban J connectivity index is 3.31. The lowest BCUT2D eigenvalue weighted by molar-refractivity contribution is -0.141. The molecule has 1 atom stereocenters. The highest BCUT2D eigenvalue weighted by atomic mass is 16.4. The van der Waals surface area contributed by atoms with Crippen LogP contribution in [-0.4, -0.2) is 11.1 Å². The molecule has 2 nitrogen and oxygen atoms in total. The smallest absolute Gasteiger partial charge is 0.306 e. The number of aliphatic carboxylic acids is 1. The summed E-state index contributed by atoms with van der Waals surface area (Å²) in [7, 11) is 0. The monoisotopic (exact) mass is 156 g/mol. The second-order valence-corrected chi connectivity index (χ2v) is 2.74. The number of rotatable bonds is 5. The molecule has 0 heterocycles. The van der Waals surface area contributed by atoms with Crippen LogP contribution in [0.4, 0.5) is 0 Å². The first kappa shape index (κ1) is 10.2. The number of unbranched alkanes of at least 4 members (excludes halogenated alkanes) is 1. The average molecular weight is 156 g/mol. The number of carbonyl (C=O) groups is 1. The molecule has 0 saturated heterocycles. The van der Waals surface area contributed by atoms with Crippen molar-refractivity contribution < 1.29 is 9.90 Å². The highest BCUT2D eigenvalue weighted by molar-refractivity contribution is 5.69. The Bertz CT molecular complexity index is 138. The fourth-order valence-corrected chi connectivity index (χ4v) is 0.832. The van der Waals surface area contributed by atoms with Crippen molar-refractivity contribution in [1.29, 1.82) is 0 Å². The molecular weight excluding hydrogens is 140 g/mol. The summed E-state index contributed by atoms with van der Waals surface area (Å²) in [5.74, 6) is -0.884. The maximum atomic E-state index is 10.3. The summed E-state index contributed by atoms with van der Waals surface area (Å²) in [5.41, 5.74) is 0. The van der Waals surface area contributed by atoms with Gasteiger partial charge in [-0.1, -0.05) is 19.1 Å². The highest BCUT2D eigenvalue weighted by Gasteiger charge is 2.08. The van der Waals surface area contributed by atoms with Crippen molar-refractivity contribution in [3.05, 3.63) is 12.2 Å². The first-order valence-electron chi connectivity index (χ1n) is 4.02. The van der Waals surface area contributed by atoms with Crippen LogP contribution in [0.2, 0.25) is 0 Å². The van der Waals surface area contributed by atoms with Crippen molar-refractivity contribution in [3.8, 4) is 0 Å². The molecule has 0 aromatic carbocycles. The second-order valence-electron chi connectivity index (χ2n) is 2.74. The minimum Gasteiger partial charge on any atom is -0.481 e. The number of carboxylic acids is 1. The SMILES string of the molecule is C/C=C/CCC[C@H](C)C(=O)O. The lowest BCUT2D eigenvalue weighted by Gasteiger charge is -2.02. The predicted octanol–water partition coefficient (Wildman–Crippen LogP) is 2.45. The normalized spacial score (nSPS) is 13.6. The summed E-state index contributed by atoms with van der Waals surface area (Å²) >= 11 is 0. The molecule has 11 heavy (non-hydrogen) atoms. The number of hydrogen-bond acceptors (Lipinski definition) is 1. The van der Waals surface area contributed by atoms with Crippen molar-refractivity contribution in [3.63, 3.8) is 0 Å². The minimum atomic E-state index is -0.689. The molecule has 1 N–H and O–H groups in total. The molecule has 0 saturated carbocycles. The van der Waals surface area contributed by atoms with Crippen LogP contribution in [0.15, 0.2) is 12.2 Å². The molecule has 0 aliphatic rings. The van der Waals surface area contributed by atoms with Crippen molar-refractivity contribution in [2.75, 3.05) is 0 Å². The van der Waals surface area contributed by atoms with Crippen LogP contribution >= 0.6 is 0 Å². The third kappa shape index (κ3) is 5.64. The number of allylic oxidation sites excluding steroid dienone is 2. The Kier molecular flexibility index (Phi) is 5.53. The summed E-state index contributed by atoms with van der Waals surface area (Å²) < 4.78 is 0. The molecule has 0 aliphatic carbocycles. The summed E-state index contributed by atoms with van der Waals surface area (Å²) in [5, 5.41) is 8.52. The molecule has 0 unspecified atom stereocenters. The Morgan fingerprint density at radius 1 is 1.64 bits per heavy atom. The van der Waals surface area contributed by atoms with E-state index in [4.69, 9.17) is 5.11 Å². The molecule has 0 radical (unpaired) electrons. The average Bonchev–Trinajstić information content (AvgIpc) is 1.97. The van der Waals surface area contributed by atoms with Gasteiger partial charge < -0.3 is 5.11 Å². The van der Waals surface area contributed by atoms with Crippen molar-refractivity contribution in [2.24, 2.45) is 5.92 Å². The van der Waals surface area contributed by atoms with Crippen molar-refractivity contribution in [1.82, 2.24) is 0 Å². The van der Waals surface area contributed by atoms with Crippen molar-refractivity contribution >= 4 is 5.97 Å². The molecule has 0 aliphatic heterocycles. The van der Waals surface area contributed by atoms with E-state index in [1.165, 1.54) is 0 Å². The largest absolute Gasteiger partial charge is 0.481 e. The molecule has 0 rings (SSSR count). The van der Waals surface area contributed by atoms with E-state index in [1.807, 2.05) is 13.0 Å². The summed E-state index contributed by atoms with van der Waals surface area (Å²) in [6.07, 6.45) is 6.80. The zero-order valence-electron chi connectivity index (χ0n) is 7.21. The summed E-state index contributed by atoms with van der Waals surface area (Å²) in [6, 6.07) is 0. The van der Waals surface area contributed by atoms with Crippen LogP contribution in [-0.2, 0) is 4.79 Å². The molecule has 0 fully saturated rings. The van der Waals surface area contributed by atoms with Crippen LogP contribution in [0.1, 0.15) is 33.1 Å². The van der Waals surface area contributed by atoms with E-state index in [9.17, 15) is 4.79 Å². The first-order chi connectivity index (χ1) is 5.18. The van der Waals surface area contributed by atoms with Gasteiger partial charge in [-0.3, -0.25) is 4.79 Å². The van der Waals surface area contributed by atoms with Crippen LogP contribution in [0.3, 0.4) is 0 Å². The summed E-state index contributed by atoms with van der Waals surface area (Å²) in [4.78, 5) is 10.3. The van der Waals surface area contributed by atoms with Gasteiger partial charge in [0.25, 0.3) is 0 Å². The predicted molar refractivity (Wildman–Crippen MR) is 45.5 cm³/mol. The Morgan fingerprint density at radius 3 is 2.73 bits per heavy atom. The van der Waals surface area contributed by atoms with Gasteiger partial charge in [-0.05, 0) is 26.2 Å². The molecular formula is C9H16O2. The van der Waals surface area contributed by atoms with E-state index < -0.39 is 5.97 Å². The van der Waals surface area contributed by atoms with Gasteiger partial charge in [-0.25, -0.2) is 0 Å². The van der Waals surface area contributed by atoms with E-state index in [-0.39, 0.29) is 5.92 Å². The van der Waals surface area contributed by atoms with Gasteiger partial charge in [-0.15, -0.1) is 0 Å². The third-order valence-corrected chi connectivity index (χ3v) is 1.67. The van der Waals surface area contributed by atoms with Crippen LogP contribution in [0.5, 0.6) is 0 Å².